The van der Waals surface area contributed by atoms with Crippen LogP contribution in [-0.4, -0.2) is 24.5 Å². The van der Waals surface area contributed by atoms with Gasteiger partial charge in [0.1, 0.15) is 5.82 Å². The Balaban J connectivity index is 1.84. The van der Waals surface area contributed by atoms with Crippen LogP contribution in [0.25, 0.3) is 0 Å². The Labute approximate surface area is 109 Å². The summed E-state index contributed by atoms with van der Waals surface area (Å²) in [5.74, 6) is 0.693. The molecular formula is C15H23FN2. The van der Waals surface area contributed by atoms with Crippen molar-refractivity contribution in [3.8, 4) is 0 Å². The lowest BCUT2D eigenvalue weighted by Gasteiger charge is -2.33. The Morgan fingerprint density at radius 3 is 2.44 bits per heavy atom. The summed E-state index contributed by atoms with van der Waals surface area (Å²) >= 11 is 0. The van der Waals surface area contributed by atoms with Crippen LogP contribution in [0.3, 0.4) is 0 Å². The third-order valence-electron chi connectivity index (χ3n) is 4.04. The summed E-state index contributed by atoms with van der Waals surface area (Å²) in [5, 5.41) is 0. The molecule has 1 heterocycles. The first kappa shape index (κ1) is 13.5. The van der Waals surface area contributed by atoms with Crippen molar-refractivity contribution in [3.63, 3.8) is 0 Å². The van der Waals surface area contributed by atoms with Crippen molar-refractivity contribution < 1.29 is 4.39 Å². The van der Waals surface area contributed by atoms with E-state index in [9.17, 15) is 4.39 Å². The third kappa shape index (κ3) is 3.53. The van der Waals surface area contributed by atoms with E-state index < -0.39 is 0 Å². The lowest BCUT2D eigenvalue weighted by Crippen LogP contribution is -2.38. The molecule has 1 aromatic carbocycles. The molecule has 3 heteroatoms. The lowest BCUT2D eigenvalue weighted by molar-refractivity contribution is 0.173. The molecule has 1 saturated heterocycles. The van der Waals surface area contributed by atoms with Gasteiger partial charge in [-0.05, 0) is 49.5 Å². The van der Waals surface area contributed by atoms with Crippen molar-refractivity contribution in [2.75, 3.05) is 19.6 Å². The highest BCUT2D eigenvalue weighted by Gasteiger charge is 2.19. The van der Waals surface area contributed by atoms with E-state index in [0.29, 0.717) is 0 Å². The van der Waals surface area contributed by atoms with Gasteiger partial charge in [0, 0.05) is 12.6 Å². The topological polar surface area (TPSA) is 29.3 Å². The molecule has 0 amide bonds. The number of nitrogens with zero attached hydrogens (tertiary/aromatic N) is 1. The second-order valence-corrected chi connectivity index (χ2v) is 5.31. The standard InChI is InChI=1S/C15H23FN2/c1-2-12-7-9-18(10-8-12)11-15(17)13-3-5-14(16)6-4-13/h3-6,12,15H,2,7-11,17H2,1H3. The summed E-state index contributed by atoms with van der Waals surface area (Å²) in [7, 11) is 0. The van der Waals surface area contributed by atoms with E-state index in [1.165, 1.54) is 31.4 Å². The lowest BCUT2D eigenvalue weighted by atomic mass is 9.94. The van der Waals surface area contributed by atoms with Gasteiger partial charge >= 0.3 is 0 Å². The molecular weight excluding hydrogens is 227 g/mol. The molecule has 0 aromatic heterocycles. The number of halogens is 1. The van der Waals surface area contributed by atoms with Crippen LogP contribution in [0.2, 0.25) is 0 Å². The van der Waals surface area contributed by atoms with E-state index in [-0.39, 0.29) is 11.9 Å². The molecule has 0 bridgehead atoms. The van der Waals surface area contributed by atoms with Crippen LogP contribution in [0.1, 0.15) is 37.8 Å². The first-order valence-electron chi connectivity index (χ1n) is 6.92. The van der Waals surface area contributed by atoms with Crippen LogP contribution >= 0.6 is 0 Å². The fraction of sp³-hybridized carbons (Fsp3) is 0.600. The zero-order valence-corrected chi connectivity index (χ0v) is 11.1. The number of benzene rings is 1. The first-order chi connectivity index (χ1) is 8.69. The van der Waals surface area contributed by atoms with Crippen LogP contribution in [0, 0.1) is 11.7 Å². The van der Waals surface area contributed by atoms with Crippen molar-refractivity contribution in [2.45, 2.75) is 32.2 Å². The molecule has 100 valence electrons. The van der Waals surface area contributed by atoms with Crippen LogP contribution < -0.4 is 5.73 Å². The highest BCUT2D eigenvalue weighted by Crippen LogP contribution is 2.21. The minimum Gasteiger partial charge on any atom is -0.323 e. The second-order valence-electron chi connectivity index (χ2n) is 5.31. The number of likely N-dealkylation sites (tertiary alicyclic amines) is 1. The van der Waals surface area contributed by atoms with Crippen LogP contribution in [0.5, 0.6) is 0 Å². The van der Waals surface area contributed by atoms with Gasteiger partial charge in [-0.1, -0.05) is 25.5 Å². The number of hydrogen-bond acceptors (Lipinski definition) is 2. The molecule has 1 fully saturated rings. The number of nitrogens with two attached hydrogens (primary N) is 1. The minimum atomic E-state index is -0.199. The van der Waals surface area contributed by atoms with Crippen LogP contribution in [-0.2, 0) is 0 Å². The molecule has 0 radical (unpaired) electrons. The van der Waals surface area contributed by atoms with Gasteiger partial charge in [0.25, 0.3) is 0 Å². The number of hydrogen-bond donors (Lipinski definition) is 1. The predicted molar refractivity (Wildman–Crippen MR) is 72.8 cm³/mol. The highest BCUT2D eigenvalue weighted by molar-refractivity contribution is 5.19. The summed E-state index contributed by atoms with van der Waals surface area (Å²) in [6.07, 6.45) is 3.86. The molecule has 18 heavy (non-hydrogen) atoms. The Morgan fingerprint density at radius 2 is 1.89 bits per heavy atom. The largest absolute Gasteiger partial charge is 0.323 e. The maximum Gasteiger partial charge on any atom is 0.123 e. The molecule has 1 unspecified atom stereocenters. The number of rotatable bonds is 4. The summed E-state index contributed by atoms with van der Waals surface area (Å²) in [5.41, 5.74) is 7.20. The molecule has 2 N–H and O–H groups in total. The van der Waals surface area contributed by atoms with Crippen molar-refractivity contribution in [2.24, 2.45) is 11.7 Å². The zero-order valence-electron chi connectivity index (χ0n) is 11.1. The molecule has 0 spiro atoms. The molecule has 1 aliphatic heterocycles. The molecule has 1 aliphatic rings. The maximum absolute atomic E-state index is 12.8. The van der Waals surface area contributed by atoms with Gasteiger partial charge in [-0.15, -0.1) is 0 Å². The first-order valence-corrected chi connectivity index (χ1v) is 6.92. The molecule has 0 aliphatic carbocycles. The summed E-state index contributed by atoms with van der Waals surface area (Å²) in [4.78, 5) is 2.43. The predicted octanol–water partition coefficient (Wildman–Crippen LogP) is 2.95. The van der Waals surface area contributed by atoms with E-state index in [2.05, 4.69) is 11.8 Å². The van der Waals surface area contributed by atoms with Gasteiger partial charge in [-0.25, -0.2) is 4.39 Å². The summed E-state index contributed by atoms with van der Waals surface area (Å²) in [6.45, 7) is 5.44. The molecule has 2 nitrogen and oxygen atoms in total. The Hall–Kier alpha value is -0.930. The normalized spacial score (nSPS) is 19.9. The maximum atomic E-state index is 12.8. The van der Waals surface area contributed by atoms with Gasteiger partial charge in [-0.3, -0.25) is 0 Å². The van der Waals surface area contributed by atoms with Gasteiger partial charge in [0.15, 0.2) is 0 Å². The number of piperidine rings is 1. The Morgan fingerprint density at radius 1 is 1.28 bits per heavy atom. The SMILES string of the molecule is CCC1CCN(CC(N)c2ccc(F)cc2)CC1. The Bertz CT molecular complexity index is 355. The van der Waals surface area contributed by atoms with Crippen molar-refractivity contribution in [3.05, 3.63) is 35.6 Å². The van der Waals surface area contributed by atoms with Crippen molar-refractivity contribution in [1.82, 2.24) is 4.90 Å². The fourth-order valence-corrected chi connectivity index (χ4v) is 2.67. The van der Waals surface area contributed by atoms with Gasteiger partial charge in [-0.2, -0.15) is 0 Å². The van der Waals surface area contributed by atoms with Gasteiger partial charge < -0.3 is 10.6 Å². The average Bonchev–Trinajstić information content (AvgIpc) is 2.40. The molecule has 1 aromatic rings. The van der Waals surface area contributed by atoms with Crippen LogP contribution in [0.15, 0.2) is 24.3 Å². The van der Waals surface area contributed by atoms with E-state index >= 15 is 0 Å². The fourth-order valence-electron chi connectivity index (χ4n) is 2.67. The van der Waals surface area contributed by atoms with Gasteiger partial charge in [0.2, 0.25) is 0 Å². The summed E-state index contributed by atoms with van der Waals surface area (Å²) in [6, 6.07) is 6.54. The second kappa shape index (κ2) is 6.30. The van der Waals surface area contributed by atoms with Crippen LogP contribution in [0.4, 0.5) is 4.39 Å². The quantitative estimate of drug-likeness (QED) is 0.890. The van der Waals surface area contributed by atoms with E-state index in [1.807, 2.05) is 0 Å². The van der Waals surface area contributed by atoms with E-state index in [4.69, 9.17) is 5.73 Å². The van der Waals surface area contributed by atoms with Gasteiger partial charge in [0.05, 0.1) is 0 Å². The van der Waals surface area contributed by atoms with Crippen molar-refractivity contribution >= 4 is 0 Å². The molecule has 1 atom stereocenters. The van der Waals surface area contributed by atoms with Crippen molar-refractivity contribution in [1.29, 1.82) is 0 Å². The molecule has 0 saturated carbocycles. The van der Waals surface area contributed by atoms with E-state index in [1.54, 1.807) is 12.1 Å². The Kier molecular flexibility index (Phi) is 4.72. The molecule has 2 rings (SSSR count). The average molecular weight is 250 g/mol. The third-order valence-corrected chi connectivity index (χ3v) is 4.04. The zero-order chi connectivity index (χ0) is 13.0. The summed E-state index contributed by atoms with van der Waals surface area (Å²) < 4.78 is 12.8. The minimum absolute atomic E-state index is 0.0104. The monoisotopic (exact) mass is 250 g/mol. The smallest absolute Gasteiger partial charge is 0.123 e. The highest BCUT2D eigenvalue weighted by atomic mass is 19.1. The van der Waals surface area contributed by atoms with E-state index in [0.717, 1.165) is 31.1 Å².